The normalized spacial score (nSPS) is 12.2. The Balaban J connectivity index is 3.28. The van der Waals surface area contributed by atoms with Crippen molar-refractivity contribution in [2.24, 2.45) is 0 Å². The highest BCUT2D eigenvalue weighted by atomic mass is 79.9. The second-order valence-corrected chi connectivity index (χ2v) is 3.36. The smallest absolute Gasteiger partial charge is 0.248 e. The van der Waals surface area contributed by atoms with Crippen LogP contribution in [0.1, 0.15) is 18.5 Å². The molecule has 0 radical (unpaired) electrons. The summed E-state index contributed by atoms with van der Waals surface area (Å²) >= 11 is 2.77. The van der Waals surface area contributed by atoms with E-state index < -0.39 is 17.7 Å². The molecule has 1 aromatic rings. The van der Waals surface area contributed by atoms with Crippen molar-refractivity contribution in [2.75, 3.05) is 0 Å². The Kier molecular flexibility index (Phi) is 2.99. The van der Waals surface area contributed by atoms with Crippen molar-refractivity contribution < 1.29 is 8.78 Å². The molecule has 0 bridgehead atoms. The first-order chi connectivity index (χ1) is 6.07. The van der Waals surface area contributed by atoms with Gasteiger partial charge in [-0.1, -0.05) is 0 Å². The van der Waals surface area contributed by atoms with Crippen molar-refractivity contribution in [1.29, 1.82) is 0 Å². The molecule has 0 N–H and O–H groups in total. The minimum absolute atomic E-state index is 0.208. The topological polar surface area (TPSA) is 4.36 Å². The second-order valence-electron chi connectivity index (χ2n) is 2.57. The fourth-order valence-corrected chi connectivity index (χ4v) is 1.29. The van der Waals surface area contributed by atoms with E-state index in [0.717, 1.165) is 6.07 Å². The predicted octanol–water partition coefficient (Wildman–Crippen LogP) is 3.71. The van der Waals surface area contributed by atoms with Gasteiger partial charge >= 0.3 is 0 Å². The summed E-state index contributed by atoms with van der Waals surface area (Å²) in [6.45, 7) is 8.28. The average molecular weight is 246 g/mol. The van der Waals surface area contributed by atoms with Crippen LogP contribution in [0.25, 0.3) is 4.85 Å². The molecular weight excluding hydrogens is 240 g/mol. The summed E-state index contributed by atoms with van der Waals surface area (Å²) in [6.07, 6.45) is 0. The summed E-state index contributed by atoms with van der Waals surface area (Å²) < 4.78 is 25.8. The molecule has 1 aromatic carbocycles. The Morgan fingerprint density at radius 2 is 2.08 bits per heavy atom. The Morgan fingerprint density at radius 3 is 2.62 bits per heavy atom. The van der Waals surface area contributed by atoms with Crippen LogP contribution < -0.4 is 0 Å². The highest BCUT2D eigenvalue weighted by Crippen LogP contribution is 2.27. The number of hydrogen-bond acceptors (Lipinski definition) is 0. The summed E-state index contributed by atoms with van der Waals surface area (Å²) in [6, 6.07) is 1.85. The minimum atomic E-state index is -0.691. The van der Waals surface area contributed by atoms with Crippen LogP contribution in [0.4, 0.5) is 8.78 Å². The summed E-state index contributed by atoms with van der Waals surface area (Å²) in [4.78, 5) is 3.16. The Bertz CT molecular complexity index is 371. The number of halogens is 3. The van der Waals surface area contributed by atoms with Crippen LogP contribution in [0, 0.1) is 18.2 Å². The van der Waals surface area contributed by atoms with E-state index in [0.29, 0.717) is 0 Å². The zero-order valence-corrected chi connectivity index (χ0v) is 8.40. The van der Waals surface area contributed by atoms with E-state index in [1.54, 1.807) is 6.92 Å². The molecule has 0 aliphatic heterocycles. The molecule has 0 saturated carbocycles. The van der Waals surface area contributed by atoms with Gasteiger partial charge in [0.25, 0.3) is 0 Å². The van der Waals surface area contributed by atoms with Crippen LogP contribution >= 0.6 is 15.9 Å². The van der Waals surface area contributed by atoms with Gasteiger partial charge < -0.3 is 4.85 Å². The first-order valence-electron chi connectivity index (χ1n) is 3.58. The van der Waals surface area contributed by atoms with Crippen molar-refractivity contribution in [1.82, 2.24) is 0 Å². The lowest BCUT2D eigenvalue weighted by Crippen LogP contribution is -1.95. The van der Waals surface area contributed by atoms with E-state index in [1.165, 1.54) is 6.07 Å². The highest BCUT2D eigenvalue weighted by Gasteiger charge is 2.18. The lowest BCUT2D eigenvalue weighted by Gasteiger charge is -2.03. The second kappa shape index (κ2) is 3.84. The molecule has 0 spiro atoms. The summed E-state index contributed by atoms with van der Waals surface area (Å²) in [5.74, 6) is -1.35. The highest BCUT2D eigenvalue weighted by molar-refractivity contribution is 9.10. The maximum atomic E-state index is 13.3. The van der Waals surface area contributed by atoms with Gasteiger partial charge in [-0.2, -0.15) is 0 Å². The van der Waals surface area contributed by atoms with Crippen LogP contribution in [0.5, 0.6) is 0 Å². The minimum Gasteiger partial charge on any atom is -0.309 e. The van der Waals surface area contributed by atoms with Crippen molar-refractivity contribution in [3.63, 3.8) is 0 Å². The molecule has 0 aromatic heterocycles. The molecule has 1 atom stereocenters. The van der Waals surface area contributed by atoms with E-state index in [9.17, 15) is 8.78 Å². The summed E-state index contributed by atoms with van der Waals surface area (Å²) in [5.41, 5.74) is 0.211. The van der Waals surface area contributed by atoms with E-state index in [2.05, 4.69) is 20.8 Å². The third kappa shape index (κ3) is 1.86. The van der Waals surface area contributed by atoms with Crippen LogP contribution in [0.15, 0.2) is 16.6 Å². The number of rotatable bonds is 1. The fraction of sp³-hybridized carbons (Fsp3) is 0.222. The molecule has 0 saturated heterocycles. The summed E-state index contributed by atoms with van der Waals surface area (Å²) in [5, 5.41) is 0. The van der Waals surface area contributed by atoms with Gasteiger partial charge in [0.2, 0.25) is 6.04 Å². The monoisotopic (exact) mass is 245 g/mol. The molecule has 13 heavy (non-hydrogen) atoms. The van der Waals surface area contributed by atoms with Crippen LogP contribution in [0.3, 0.4) is 0 Å². The molecule has 1 rings (SSSR count). The largest absolute Gasteiger partial charge is 0.309 e. The maximum absolute atomic E-state index is 13.3. The van der Waals surface area contributed by atoms with E-state index in [4.69, 9.17) is 6.57 Å². The van der Waals surface area contributed by atoms with Gasteiger partial charge in [-0.25, -0.2) is 15.4 Å². The Morgan fingerprint density at radius 1 is 1.46 bits per heavy atom. The number of hydrogen-bond donors (Lipinski definition) is 0. The molecule has 0 aliphatic carbocycles. The molecule has 0 heterocycles. The third-order valence-corrected chi connectivity index (χ3v) is 2.44. The first kappa shape index (κ1) is 10.1. The van der Waals surface area contributed by atoms with Crippen LogP contribution in [-0.2, 0) is 0 Å². The SMILES string of the molecule is [C-]#[N+]C(C)c1ccc(F)c(Br)c1F. The van der Waals surface area contributed by atoms with E-state index in [-0.39, 0.29) is 10.0 Å². The van der Waals surface area contributed by atoms with Gasteiger partial charge in [-0.15, -0.1) is 0 Å². The predicted molar refractivity (Wildman–Crippen MR) is 49.1 cm³/mol. The standard InChI is InChI=1S/C9H6BrF2N/c1-5(13-2)6-3-4-7(11)8(10)9(6)12/h3-5H,1H3. The molecule has 1 unspecified atom stereocenters. The van der Waals surface area contributed by atoms with E-state index >= 15 is 0 Å². The quantitative estimate of drug-likeness (QED) is 0.525. The Labute approximate surface area is 83.3 Å². The Hall–Kier alpha value is -0.950. The molecule has 0 aliphatic rings. The van der Waals surface area contributed by atoms with Crippen LogP contribution in [0.2, 0.25) is 0 Å². The van der Waals surface area contributed by atoms with Gasteiger partial charge in [0.15, 0.2) is 5.82 Å². The molecule has 1 nitrogen and oxygen atoms in total. The number of nitrogens with zero attached hydrogens (tertiary/aromatic N) is 1. The average Bonchev–Trinajstić information content (AvgIpc) is 2.13. The lowest BCUT2D eigenvalue weighted by molar-refractivity contribution is 0.558. The van der Waals surface area contributed by atoms with Gasteiger partial charge in [0, 0.05) is 6.92 Å². The lowest BCUT2D eigenvalue weighted by atomic mass is 10.1. The van der Waals surface area contributed by atoms with E-state index in [1.807, 2.05) is 0 Å². The number of benzene rings is 1. The molecule has 4 heteroatoms. The van der Waals surface area contributed by atoms with Gasteiger partial charge in [-0.05, 0) is 28.1 Å². The van der Waals surface area contributed by atoms with Crippen molar-refractivity contribution >= 4 is 15.9 Å². The van der Waals surface area contributed by atoms with Crippen molar-refractivity contribution in [3.05, 3.63) is 45.2 Å². The van der Waals surface area contributed by atoms with Gasteiger partial charge in [-0.3, -0.25) is 0 Å². The molecule has 0 fully saturated rings. The summed E-state index contributed by atoms with van der Waals surface area (Å²) in [7, 11) is 0. The molecular formula is C9H6BrF2N. The fourth-order valence-electron chi connectivity index (χ4n) is 0.933. The molecule has 68 valence electrons. The zero-order valence-electron chi connectivity index (χ0n) is 6.81. The molecule has 0 amide bonds. The zero-order chi connectivity index (χ0) is 10.0. The van der Waals surface area contributed by atoms with Crippen molar-refractivity contribution in [2.45, 2.75) is 13.0 Å². The first-order valence-corrected chi connectivity index (χ1v) is 4.37. The maximum Gasteiger partial charge on any atom is 0.248 e. The third-order valence-electron chi connectivity index (χ3n) is 1.71. The van der Waals surface area contributed by atoms with Crippen LogP contribution in [-0.4, -0.2) is 0 Å². The van der Waals surface area contributed by atoms with Gasteiger partial charge in [0.05, 0.1) is 10.0 Å². The van der Waals surface area contributed by atoms with Gasteiger partial charge in [0.1, 0.15) is 5.82 Å². The van der Waals surface area contributed by atoms with Crippen molar-refractivity contribution in [3.8, 4) is 0 Å².